The van der Waals surface area contributed by atoms with Gasteiger partial charge in [0.25, 0.3) is 5.91 Å². The van der Waals surface area contributed by atoms with Crippen molar-refractivity contribution in [3.05, 3.63) is 52.5 Å². The van der Waals surface area contributed by atoms with Gasteiger partial charge in [-0.15, -0.1) is 0 Å². The number of rotatable bonds is 7. The molecule has 35 heavy (non-hydrogen) atoms. The van der Waals surface area contributed by atoms with Crippen LogP contribution in [0.1, 0.15) is 34.7 Å². The minimum atomic E-state index is -3.64. The highest BCUT2D eigenvalue weighted by atomic mass is 35.5. The van der Waals surface area contributed by atoms with Crippen molar-refractivity contribution in [3.63, 3.8) is 0 Å². The first-order chi connectivity index (χ1) is 16.7. The molecule has 0 radical (unpaired) electrons. The molecule has 1 aliphatic heterocycles. The van der Waals surface area contributed by atoms with Crippen LogP contribution in [0.25, 0.3) is 22.3 Å². The smallest absolute Gasteiger partial charge is 0.454 e. The van der Waals surface area contributed by atoms with Crippen LogP contribution in [0.2, 0.25) is 11.3 Å². The van der Waals surface area contributed by atoms with Gasteiger partial charge in [-0.25, -0.2) is 8.42 Å². The van der Waals surface area contributed by atoms with E-state index in [-0.39, 0.29) is 30.9 Å². The number of nitrogens with zero attached hydrogens (tertiary/aromatic N) is 1. The molecule has 2 aromatic carbocycles. The van der Waals surface area contributed by atoms with Gasteiger partial charge < -0.3 is 19.4 Å². The van der Waals surface area contributed by atoms with E-state index in [1.165, 1.54) is 10.6 Å². The van der Waals surface area contributed by atoms with Gasteiger partial charge in [0.2, 0.25) is 10.0 Å². The van der Waals surface area contributed by atoms with Crippen LogP contribution in [0.15, 0.2) is 40.8 Å². The van der Waals surface area contributed by atoms with Gasteiger partial charge in [0.1, 0.15) is 11.3 Å². The Bertz CT molecular complexity index is 1390. The Morgan fingerprint density at radius 2 is 1.97 bits per heavy atom. The van der Waals surface area contributed by atoms with Gasteiger partial charge in [-0.1, -0.05) is 11.6 Å². The maximum Gasteiger partial charge on any atom is 0.454 e. The van der Waals surface area contributed by atoms with Gasteiger partial charge in [0.15, 0.2) is 0 Å². The number of carbonyl (C=O) groups is 1. The van der Waals surface area contributed by atoms with E-state index in [0.717, 1.165) is 18.4 Å². The molecule has 2 aliphatic rings. The van der Waals surface area contributed by atoms with Crippen LogP contribution in [-0.4, -0.2) is 52.9 Å². The van der Waals surface area contributed by atoms with E-state index in [2.05, 4.69) is 5.32 Å². The number of carbonyl (C=O) groups excluding carboxylic acids is 1. The Labute approximate surface area is 209 Å². The molecule has 1 saturated carbocycles. The zero-order chi connectivity index (χ0) is 24.9. The maximum absolute atomic E-state index is 12.9. The Kier molecular flexibility index (Phi) is 6.33. The van der Waals surface area contributed by atoms with Gasteiger partial charge in [0.05, 0.1) is 17.5 Å². The van der Waals surface area contributed by atoms with Gasteiger partial charge >= 0.3 is 7.12 Å². The number of amides is 1. The molecule has 1 atom stereocenters. The lowest BCUT2D eigenvalue weighted by Gasteiger charge is -2.27. The summed E-state index contributed by atoms with van der Waals surface area (Å²) < 4.78 is 38.7. The van der Waals surface area contributed by atoms with Crippen LogP contribution < -0.4 is 9.62 Å². The van der Waals surface area contributed by atoms with Crippen molar-refractivity contribution >= 4 is 51.3 Å². The monoisotopic (exact) mass is 516 g/mol. The third kappa shape index (κ3) is 4.80. The number of benzene rings is 2. The number of sulfonamides is 1. The van der Waals surface area contributed by atoms with E-state index < -0.39 is 17.1 Å². The minimum Gasteiger partial charge on any atom is -0.455 e. The molecule has 11 heteroatoms. The molecular weight excluding hydrogens is 491 g/mol. The largest absolute Gasteiger partial charge is 0.455 e. The maximum atomic E-state index is 12.9. The fourth-order valence-corrected chi connectivity index (χ4v) is 5.81. The highest BCUT2D eigenvalue weighted by molar-refractivity contribution is 7.92. The zero-order valence-corrected chi connectivity index (χ0v) is 21.0. The van der Waals surface area contributed by atoms with E-state index >= 15 is 0 Å². The van der Waals surface area contributed by atoms with Crippen molar-refractivity contribution < 1.29 is 27.3 Å². The summed E-state index contributed by atoms with van der Waals surface area (Å²) in [7, 11) is -2.96. The molecule has 3 aromatic rings. The average molecular weight is 517 g/mol. The summed E-state index contributed by atoms with van der Waals surface area (Å²) >= 11 is 6.05. The van der Waals surface area contributed by atoms with E-state index in [1.54, 1.807) is 37.4 Å². The summed E-state index contributed by atoms with van der Waals surface area (Å²) in [6, 6.07) is 10.6. The first-order valence-corrected chi connectivity index (χ1v) is 13.7. The minimum absolute atomic E-state index is 0.134. The Hall–Kier alpha value is -2.53. The number of nitrogens with one attached hydrogen (secondary N) is 1. The summed E-state index contributed by atoms with van der Waals surface area (Å²) in [5.74, 6) is 0.175. The number of hydrogen-bond donors (Lipinski definition) is 2. The molecule has 1 aliphatic carbocycles. The second-order valence-electron chi connectivity index (χ2n) is 9.26. The number of halogens is 1. The molecule has 0 spiro atoms. The quantitative estimate of drug-likeness (QED) is 0.461. The Balaban J connectivity index is 1.69. The Morgan fingerprint density at radius 3 is 2.54 bits per heavy atom. The second-order valence-corrected chi connectivity index (χ2v) is 11.6. The van der Waals surface area contributed by atoms with Gasteiger partial charge in [-0.05, 0) is 66.9 Å². The highest BCUT2D eigenvalue weighted by Crippen LogP contribution is 2.48. The van der Waals surface area contributed by atoms with Crippen LogP contribution in [0.5, 0.6) is 0 Å². The molecule has 2 heterocycles. The standard InChI is InChI=1S/C24H26BClN2O6S/c1-27-24(29)22-19-9-18(15-3-4-15)20(28(35(2,31)32)12-14-11-25(30)33-13-14)10-21(19)34-23(22)16-5-7-17(26)8-6-16/h5-10,14-15,30H,3-4,11-13H2,1-2H3,(H,27,29). The molecule has 1 amide bonds. The highest BCUT2D eigenvalue weighted by Gasteiger charge is 2.36. The molecule has 184 valence electrons. The van der Waals surface area contributed by atoms with E-state index in [1.807, 2.05) is 6.07 Å². The molecule has 2 N–H and O–H groups in total. The zero-order valence-electron chi connectivity index (χ0n) is 19.5. The molecule has 0 bridgehead atoms. The van der Waals surface area contributed by atoms with Crippen LogP contribution in [0, 0.1) is 5.92 Å². The average Bonchev–Trinajstić information content (AvgIpc) is 3.47. The van der Waals surface area contributed by atoms with Crippen molar-refractivity contribution in [1.29, 1.82) is 0 Å². The predicted molar refractivity (Wildman–Crippen MR) is 136 cm³/mol. The van der Waals surface area contributed by atoms with E-state index in [0.29, 0.717) is 44.9 Å². The van der Waals surface area contributed by atoms with Crippen molar-refractivity contribution in [2.45, 2.75) is 25.1 Å². The van der Waals surface area contributed by atoms with Crippen molar-refractivity contribution in [2.24, 2.45) is 5.92 Å². The van der Waals surface area contributed by atoms with Crippen molar-refractivity contribution in [2.75, 3.05) is 30.8 Å². The van der Waals surface area contributed by atoms with Crippen molar-refractivity contribution in [3.8, 4) is 11.3 Å². The normalized spacial score (nSPS) is 18.3. The lowest BCUT2D eigenvalue weighted by Crippen LogP contribution is -2.35. The van der Waals surface area contributed by atoms with E-state index in [4.69, 9.17) is 20.7 Å². The second kappa shape index (κ2) is 9.17. The first kappa shape index (κ1) is 24.2. The summed E-state index contributed by atoms with van der Waals surface area (Å²) in [5.41, 5.74) is 2.93. The fraction of sp³-hybridized carbons (Fsp3) is 0.375. The molecule has 2 fully saturated rings. The van der Waals surface area contributed by atoms with E-state index in [9.17, 15) is 18.2 Å². The van der Waals surface area contributed by atoms with Gasteiger partial charge in [-0.3, -0.25) is 9.10 Å². The molecule has 1 unspecified atom stereocenters. The van der Waals surface area contributed by atoms with Crippen LogP contribution >= 0.6 is 11.6 Å². The van der Waals surface area contributed by atoms with Crippen molar-refractivity contribution in [1.82, 2.24) is 5.32 Å². The Morgan fingerprint density at radius 1 is 1.26 bits per heavy atom. The number of anilines is 1. The number of furan rings is 1. The lowest BCUT2D eigenvalue weighted by atomic mass is 9.82. The topological polar surface area (TPSA) is 109 Å². The summed E-state index contributed by atoms with van der Waals surface area (Å²) in [6.07, 6.45) is 3.43. The van der Waals surface area contributed by atoms with Gasteiger partial charge in [0, 0.05) is 42.2 Å². The molecule has 1 aromatic heterocycles. The molecule has 1 saturated heterocycles. The SMILES string of the molecule is CNC(=O)c1c(-c2ccc(Cl)cc2)oc2cc(N(CC3COB(O)C3)S(C)(=O)=O)c(C3CC3)cc12. The summed E-state index contributed by atoms with van der Waals surface area (Å²) in [5, 5.41) is 13.7. The predicted octanol–water partition coefficient (Wildman–Crippen LogP) is 3.88. The first-order valence-electron chi connectivity index (χ1n) is 11.5. The van der Waals surface area contributed by atoms with Crippen LogP contribution in [-0.2, 0) is 14.7 Å². The van der Waals surface area contributed by atoms with Crippen LogP contribution in [0.3, 0.4) is 0 Å². The van der Waals surface area contributed by atoms with Gasteiger partial charge in [-0.2, -0.15) is 0 Å². The molecular formula is C24H26BClN2O6S. The number of fused-ring (bicyclic) bond motifs is 1. The fourth-order valence-electron chi connectivity index (χ4n) is 4.68. The summed E-state index contributed by atoms with van der Waals surface area (Å²) in [4.78, 5) is 12.9. The third-order valence-corrected chi connectivity index (χ3v) is 7.97. The number of hydrogen-bond acceptors (Lipinski definition) is 6. The molecule has 8 nitrogen and oxygen atoms in total. The van der Waals surface area contributed by atoms with Crippen LogP contribution in [0.4, 0.5) is 5.69 Å². The third-order valence-electron chi connectivity index (χ3n) is 6.57. The molecule has 5 rings (SSSR count). The lowest BCUT2D eigenvalue weighted by molar-refractivity contribution is 0.0964. The summed E-state index contributed by atoms with van der Waals surface area (Å²) in [6.45, 7) is 0.477.